The van der Waals surface area contributed by atoms with Crippen molar-refractivity contribution in [3.63, 3.8) is 0 Å². The van der Waals surface area contributed by atoms with Crippen LogP contribution in [0.4, 0.5) is 4.79 Å². The van der Waals surface area contributed by atoms with Crippen molar-refractivity contribution in [1.82, 2.24) is 33.8 Å². The number of aliphatic hydroxyl groups excluding tert-OH is 3. The summed E-state index contributed by atoms with van der Waals surface area (Å²) in [5.41, 5.74) is 11.8. The van der Waals surface area contributed by atoms with E-state index in [4.69, 9.17) is 38.8 Å². The molecule has 3 N–H and O–H groups in total. The van der Waals surface area contributed by atoms with Gasteiger partial charge in [-0.15, -0.1) is 0 Å². The normalized spacial score (nSPS) is 19.7. The van der Waals surface area contributed by atoms with Crippen LogP contribution in [0.15, 0.2) is 115 Å². The lowest BCUT2D eigenvalue weighted by Gasteiger charge is -2.28. The van der Waals surface area contributed by atoms with Crippen LogP contribution in [-0.4, -0.2) is 152 Å². The molecule has 5 aromatic carbocycles. The molecule has 0 radical (unpaired) electrons. The van der Waals surface area contributed by atoms with Crippen LogP contribution in [0, 0.1) is 0 Å². The summed E-state index contributed by atoms with van der Waals surface area (Å²) in [4.78, 5) is 52.5. The van der Waals surface area contributed by atoms with E-state index in [0.717, 1.165) is 153 Å². The van der Waals surface area contributed by atoms with Gasteiger partial charge in [-0.3, -0.25) is 9.80 Å². The number of benzene rings is 5. The number of esters is 2. The molecule has 0 unspecified atom stereocenters. The monoisotopic (exact) mass is 1150 g/mol. The average molecular weight is 1150 g/mol. The Morgan fingerprint density at radius 3 is 1.50 bits per heavy atom. The van der Waals surface area contributed by atoms with Crippen molar-refractivity contribution in [3.8, 4) is 0 Å². The Morgan fingerprint density at radius 2 is 1.07 bits per heavy atom. The molecule has 2 aromatic heterocycles. The molecule has 0 bridgehead atoms. The summed E-state index contributed by atoms with van der Waals surface area (Å²) in [5, 5.41) is 28.1. The van der Waals surface area contributed by atoms with Gasteiger partial charge in [0.2, 0.25) is 0 Å². The van der Waals surface area contributed by atoms with Crippen molar-refractivity contribution < 1.29 is 53.4 Å². The number of methoxy groups -OCH3 is 2. The highest BCUT2D eigenvalue weighted by molar-refractivity contribution is 5.94. The predicted octanol–water partition coefficient (Wildman–Crippen LogP) is 9.00. The number of nitrogens with zero attached hydrogens (tertiary/aromatic N) is 7. The van der Waals surface area contributed by atoms with Gasteiger partial charge in [-0.25, -0.2) is 24.4 Å². The maximum Gasteiger partial charge on any atom is 0.410 e. The minimum atomic E-state index is -0.476. The number of imidazole rings is 2. The number of carbonyl (C=O) groups is 3. The molecular weight excluding hydrogens is 1070 g/mol. The lowest BCUT2D eigenvalue weighted by molar-refractivity contribution is -0.0592. The third-order valence-electron chi connectivity index (χ3n) is 16.4. The maximum atomic E-state index is 12.1. The number of fused-ring (bicyclic) bond motifs is 2. The fourth-order valence-electron chi connectivity index (χ4n) is 11.6. The minimum absolute atomic E-state index is 0.0247. The molecule has 1 amide bonds. The van der Waals surface area contributed by atoms with Gasteiger partial charge >= 0.3 is 18.0 Å². The Balaban J connectivity index is 0.000000145. The Labute approximate surface area is 491 Å². The summed E-state index contributed by atoms with van der Waals surface area (Å²) in [6.45, 7) is 15.4. The molecule has 0 saturated carbocycles. The predicted molar refractivity (Wildman–Crippen MR) is 319 cm³/mol. The number of likely N-dealkylation sites (tertiary alicyclic amines) is 2. The van der Waals surface area contributed by atoms with Gasteiger partial charge in [0.1, 0.15) is 17.2 Å². The maximum absolute atomic E-state index is 12.1. The van der Waals surface area contributed by atoms with E-state index in [1.54, 1.807) is 17.0 Å². The van der Waals surface area contributed by atoms with Crippen LogP contribution in [0.2, 0.25) is 0 Å². The Morgan fingerprint density at radius 1 is 0.607 bits per heavy atom. The molecular formula is C66H79N7O11. The third-order valence-corrected chi connectivity index (χ3v) is 16.4. The minimum Gasteiger partial charge on any atom is -0.465 e. The molecule has 18 heteroatoms. The van der Waals surface area contributed by atoms with Gasteiger partial charge in [0.25, 0.3) is 0 Å². The summed E-state index contributed by atoms with van der Waals surface area (Å²) in [6.07, 6.45) is 6.40. The Bertz CT molecular complexity index is 3290. The second-order valence-corrected chi connectivity index (χ2v) is 23.4. The van der Waals surface area contributed by atoms with Gasteiger partial charge in [-0.2, -0.15) is 0 Å². The number of hydrogen-bond donors (Lipinski definition) is 3. The van der Waals surface area contributed by atoms with E-state index >= 15 is 0 Å². The fourth-order valence-corrected chi connectivity index (χ4v) is 11.6. The number of amides is 1. The molecule has 0 aliphatic carbocycles. The van der Waals surface area contributed by atoms with E-state index in [9.17, 15) is 24.6 Å². The molecule has 4 fully saturated rings. The molecule has 18 nitrogen and oxygen atoms in total. The molecule has 4 saturated heterocycles. The number of aliphatic hydroxyl groups is 3. The molecule has 7 heterocycles. The molecule has 84 heavy (non-hydrogen) atoms. The SMILES string of the molecule is CC(C)(C)OC(=O)N1CC=C(c2cccc(CO)c2)C1.COC(=O)c1ccc2nc(CN3CC[C@@H](c4cccc(CO)c4)C3)n(C[C@@H]3CCO3)c2c1.COC(=O)c1ccc2nc(CN3CC[C@H](c4cccc(CO)c4)C3)n(C[C@@H]3CCO3)c2c1. The van der Waals surface area contributed by atoms with Crippen LogP contribution in [0.5, 0.6) is 0 Å². The first-order valence-electron chi connectivity index (χ1n) is 29.3. The van der Waals surface area contributed by atoms with Gasteiger partial charge < -0.3 is 53.0 Å². The van der Waals surface area contributed by atoms with Gasteiger partial charge in [-0.05, 0) is 153 Å². The second-order valence-electron chi connectivity index (χ2n) is 23.4. The zero-order chi connectivity index (χ0) is 58.9. The second kappa shape index (κ2) is 27.2. The largest absolute Gasteiger partial charge is 0.465 e. The summed E-state index contributed by atoms with van der Waals surface area (Å²) >= 11 is 0. The smallest absolute Gasteiger partial charge is 0.410 e. The van der Waals surface area contributed by atoms with Crippen LogP contribution < -0.4 is 0 Å². The highest BCUT2D eigenvalue weighted by Gasteiger charge is 2.31. The van der Waals surface area contributed by atoms with Crippen molar-refractivity contribution in [2.75, 3.05) is 66.7 Å². The van der Waals surface area contributed by atoms with Crippen LogP contribution in [0.1, 0.15) is 124 Å². The van der Waals surface area contributed by atoms with Crippen molar-refractivity contribution in [2.24, 2.45) is 0 Å². The third kappa shape index (κ3) is 14.6. The van der Waals surface area contributed by atoms with E-state index < -0.39 is 5.60 Å². The topological polar surface area (TPSA) is 203 Å². The first-order valence-corrected chi connectivity index (χ1v) is 29.3. The van der Waals surface area contributed by atoms with Gasteiger partial charge in [0.15, 0.2) is 0 Å². The molecule has 5 aliphatic heterocycles. The molecule has 7 aromatic rings. The zero-order valence-electron chi connectivity index (χ0n) is 49.0. The lowest BCUT2D eigenvalue weighted by Crippen LogP contribution is -2.35. The summed E-state index contributed by atoms with van der Waals surface area (Å²) in [5.74, 6) is 2.24. The summed E-state index contributed by atoms with van der Waals surface area (Å²) in [7, 11) is 2.80. The number of hydrogen-bond acceptors (Lipinski definition) is 15. The van der Waals surface area contributed by atoms with Gasteiger partial charge in [0, 0.05) is 39.4 Å². The van der Waals surface area contributed by atoms with E-state index in [-0.39, 0.29) is 50.1 Å². The Hall–Kier alpha value is -7.29. The summed E-state index contributed by atoms with van der Waals surface area (Å²) in [6, 6.07) is 35.4. The lowest BCUT2D eigenvalue weighted by atomic mass is 9.97. The zero-order valence-corrected chi connectivity index (χ0v) is 49.0. The van der Waals surface area contributed by atoms with E-state index in [1.165, 1.54) is 25.3 Å². The molecule has 5 aliphatic rings. The van der Waals surface area contributed by atoms with Crippen molar-refractivity contribution in [2.45, 2.75) is 122 Å². The van der Waals surface area contributed by atoms with Crippen LogP contribution in [0.3, 0.4) is 0 Å². The number of carbonyl (C=O) groups excluding carboxylic acids is 3. The van der Waals surface area contributed by atoms with Crippen molar-refractivity contribution in [1.29, 1.82) is 0 Å². The highest BCUT2D eigenvalue weighted by Crippen LogP contribution is 2.33. The van der Waals surface area contributed by atoms with E-state index in [2.05, 4.69) is 43.2 Å². The standard InChI is InChI=1S/2C25H29N3O4.C16H21NO3/c2*1-31-25(30)19-5-6-22-23(12-19)28(14-21-8-10-32-21)24(26-22)15-27-9-7-20(13-27)18-4-2-3-17(11-18)16-29;1-16(2,3)20-15(19)17-8-7-14(10-17)13-6-4-5-12(9-13)11-18/h2*2-6,11-12,20-21,29H,7-10,13-16H2,1H3;4-7,9,18H,8,10-11H2,1-3H3/t20-,21+;20-,21-;/m10./s1. The first kappa shape index (κ1) is 59.9. The first-order chi connectivity index (χ1) is 40.7. The van der Waals surface area contributed by atoms with E-state index in [0.29, 0.717) is 36.1 Å². The summed E-state index contributed by atoms with van der Waals surface area (Å²) < 4.78 is 31.0. The Kier molecular flexibility index (Phi) is 19.4. The van der Waals surface area contributed by atoms with Gasteiger partial charge in [0.05, 0.1) is 106 Å². The number of aromatic nitrogens is 4. The van der Waals surface area contributed by atoms with Gasteiger partial charge in [-0.1, -0.05) is 72.8 Å². The fraction of sp³-hybridized carbons (Fsp3) is 0.439. The number of ether oxygens (including phenoxy) is 5. The van der Waals surface area contributed by atoms with Crippen LogP contribution >= 0.6 is 0 Å². The quantitative estimate of drug-likeness (QED) is 0.0610. The molecule has 444 valence electrons. The average Bonchev–Trinajstić information content (AvgIpc) is 2.92. The van der Waals surface area contributed by atoms with Crippen molar-refractivity contribution in [3.05, 3.63) is 171 Å². The molecule has 12 rings (SSSR count). The van der Waals surface area contributed by atoms with Crippen LogP contribution in [0.25, 0.3) is 27.6 Å². The molecule has 0 spiro atoms. The van der Waals surface area contributed by atoms with Crippen LogP contribution in [-0.2, 0) is 69.7 Å². The number of rotatable bonds is 16. The highest BCUT2D eigenvalue weighted by atomic mass is 16.6. The van der Waals surface area contributed by atoms with E-state index in [1.807, 2.05) is 99.6 Å². The van der Waals surface area contributed by atoms with Crippen molar-refractivity contribution >= 4 is 45.7 Å². The molecule has 4 atom stereocenters.